The number of carbonyl (C=O) groups excluding carboxylic acids is 1. The van der Waals surface area contributed by atoms with Gasteiger partial charge in [-0.05, 0) is 36.8 Å². The second-order valence-corrected chi connectivity index (χ2v) is 8.44. The van der Waals surface area contributed by atoms with E-state index in [0.717, 1.165) is 15.3 Å². The van der Waals surface area contributed by atoms with E-state index in [1.807, 2.05) is 48.5 Å². The van der Waals surface area contributed by atoms with Crippen molar-refractivity contribution < 1.29 is 14.7 Å². The lowest BCUT2D eigenvalue weighted by Crippen LogP contribution is -2.29. The van der Waals surface area contributed by atoms with Crippen molar-refractivity contribution >= 4 is 57.6 Å². The van der Waals surface area contributed by atoms with Crippen LogP contribution in [-0.2, 0) is 9.59 Å². The molecule has 1 amide bonds. The monoisotopic (exact) mass is 413 g/mol. The maximum atomic E-state index is 12.5. The molecule has 1 aliphatic rings. The Labute approximate surface area is 170 Å². The molecule has 0 unspecified atom stereocenters. The number of hydrogen-bond donors (Lipinski definition) is 1. The van der Waals surface area contributed by atoms with Crippen molar-refractivity contribution in [1.82, 2.24) is 4.90 Å². The van der Waals surface area contributed by atoms with Gasteiger partial charge < -0.3 is 5.11 Å². The van der Waals surface area contributed by atoms with Gasteiger partial charge in [0.15, 0.2) is 0 Å². The fraction of sp³-hybridized carbons (Fsp3) is 0.150. The quantitative estimate of drug-likeness (QED) is 0.452. The number of hydrogen-bond acceptors (Lipinski definition) is 5. The Bertz CT molecular complexity index is 967. The van der Waals surface area contributed by atoms with Crippen LogP contribution < -0.4 is 0 Å². The fourth-order valence-electron chi connectivity index (χ4n) is 2.36. The fourth-order valence-corrected chi connectivity index (χ4v) is 4.54. The van der Waals surface area contributed by atoms with Gasteiger partial charge in [-0.15, -0.1) is 11.3 Å². The average molecular weight is 414 g/mol. The lowest BCUT2D eigenvalue weighted by Gasteiger charge is -2.13. The van der Waals surface area contributed by atoms with E-state index < -0.39 is 5.97 Å². The Morgan fingerprint density at radius 2 is 1.96 bits per heavy atom. The summed E-state index contributed by atoms with van der Waals surface area (Å²) < 4.78 is 0.470. The summed E-state index contributed by atoms with van der Waals surface area (Å²) >= 11 is 8.01. The first kappa shape index (κ1) is 19.4. The van der Waals surface area contributed by atoms with Crippen molar-refractivity contribution in [2.75, 3.05) is 6.54 Å². The number of carbonyl (C=O) groups is 2. The van der Waals surface area contributed by atoms with Gasteiger partial charge in [0.05, 0.1) is 9.78 Å². The number of aliphatic carboxylic acids is 1. The number of carboxylic acid groups (broad SMARTS) is 1. The van der Waals surface area contributed by atoms with Crippen LogP contribution in [0.15, 0.2) is 47.4 Å². The van der Waals surface area contributed by atoms with Gasteiger partial charge in [-0.3, -0.25) is 14.5 Å². The molecule has 1 aliphatic heterocycles. The molecule has 0 atom stereocenters. The van der Waals surface area contributed by atoms with Gasteiger partial charge in [-0.2, -0.15) is 0 Å². The van der Waals surface area contributed by atoms with E-state index in [1.165, 1.54) is 28.0 Å². The molecule has 1 fully saturated rings. The Morgan fingerprint density at radius 3 is 2.70 bits per heavy atom. The molecule has 1 aromatic carbocycles. The topological polar surface area (TPSA) is 57.6 Å². The molecule has 0 radical (unpaired) electrons. The molecule has 1 N–H and O–H groups in total. The first-order valence-electron chi connectivity index (χ1n) is 8.17. The molecule has 3 rings (SSSR count). The molecule has 2 heterocycles. The number of thiocarbonyl (C=S) groups is 1. The van der Waals surface area contributed by atoms with Crippen LogP contribution in [0.5, 0.6) is 0 Å². The maximum Gasteiger partial charge on any atom is 0.303 e. The van der Waals surface area contributed by atoms with Crippen LogP contribution in [0.1, 0.15) is 28.2 Å². The summed E-state index contributed by atoms with van der Waals surface area (Å²) in [5, 5.41) is 8.72. The second kappa shape index (κ2) is 9.00. The van der Waals surface area contributed by atoms with Gasteiger partial charge in [0.2, 0.25) is 0 Å². The first-order chi connectivity index (χ1) is 13.0. The van der Waals surface area contributed by atoms with Crippen LogP contribution in [0.4, 0.5) is 0 Å². The highest BCUT2D eigenvalue weighted by molar-refractivity contribution is 8.26. The summed E-state index contributed by atoms with van der Waals surface area (Å²) in [6.45, 7) is 0.326. The van der Waals surface area contributed by atoms with Gasteiger partial charge >= 0.3 is 5.97 Å². The zero-order valence-electron chi connectivity index (χ0n) is 14.2. The molecule has 0 aliphatic carbocycles. The van der Waals surface area contributed by atoms with Gasteiger partial charge in [-0.25, -0.2) is 0 Å². The van der Waals surface area contributed by atoms with E-state index in [-0.39, 0.29) is 12.3 Å². The number of nitrogens with zero attached hydrogens (tertiary/aromatic N) is 1. The Morgan fingerprint density at radius 1 is 1.19 bits per heavy atom. The highest BCUT2D eigenvalue weighted by Gasteiger charge is 2.31. The summed E-state index contributed by atoms with van der Waals surface area (Å²) in [4.78, 5) is 27.0. The largest absolute Gasteiger partial charge is 0.481 e. The summed E-state index contributed by atoms with van der Waals surface area (Å²) in [6, 6.07) is 13.6. The van der Waals surface area contributed by atoms with Crippen LogP contribution in [0, 0.1) is 11.8 Å². The molecule has 2 aromatic rings. The van der Waals surface area contributed by atoms with E-state index in [9.17, 15) is 9.59 Å². The third kappa shape index (κ3) is 5.30. The molecular formula is C20H15NO3S3. The maximum absolute atomic E-state index is 12.5. The molecule has 7 heteroatoms. The van der Waals surface area contributed by atoms with E-state index >= 15 is 0 Å². The smallest absolute Gasteiger partial charge is 0.303 e. The highest BCUT2D eigenvalue weighted by atomic mass is 32.2. The highest BCUT2D eigenvalue weighted by Crippen LogP contribution is 2.33. The second-order valence-electron chi connectivity index (χ2n) is 5.65. The zero-order valence-corrected chi connectivity index (χ0v) is 16.6. The lowest BCUT2D eigenvalue weighted by molar-refractivity contribution is -0.137. The minimum Gasteiger partial charge on any atom is -0.481 e. The van der Waals surface area contributed by atoms with Crippen LogP contribution in [0.2, 0.25) is 0 Å². The SMILES string of the molecule is O=C(O)CCCN1C(=O)/C(=C\c2ccc(C#Cc3ccccc3)s2)SC1=S. The van der Waals surface area contributed by atoms with Crippen molar-refractivity contribution in [2.45, 2.75) is 12.8 Å². The van der Waals surface area contributed by atoms with Crippen molar-refractivity contribution in [2.24, 2.45) is 0 Å². The minimum absolute atomic E-state index is 0.0183. The number of rotatable bonds is 5. The van der Waals surface area contributed by atoms with Crippen LogP contribution in [-0.4, -0.2) is 32.7 Å². The Hall–Kier alpha value is -2.40. The molecule has 0 saturated carbocycles. The van der Waals surface area contributed by atoms with E-state index in [1.54, 1.807) is 0 Å². The number of thiophene rings is 1. The van der Waals surface area contributed by atoms with Crippen molar-refractivity contribution in [3.05, 3.63) is 62.7 Å². The van der Waals surface area contributed by atoms with Crippen LogP contribution in [0.3, 0.4) is 0 Å². The third-order valence-corrected chi connectivity index (χ3v) is 5.98. The molecule has 4 nitrogen and oxygen atoms in total. The first-order valence-corrected chi connectivity index (χ1v) is 10.2. The molecule has 0 spiro atoms. The molecular weight excluding hydrogens is 398 g/mol. The van der Waals surface area contributed by atoms with E-state index in [0.29, 0.717) is 22.2 Å². The predicted molar refractivity (Wildman–Crippen MR) is 113 cm³/mol. The van der Waals surface area contributed by atoms with Crippen molar-refractivity contribution in [3.8, 4) is 11.8 Å². The molecule has 1 saturated heterocycles. The predicted octanol–water partition coefficient (Wildman–Crippen LogP) is 4.21. The lowest BCUT2D eigenvalue weighted by atomic mass is 10.2. The van der Waals surface area contributed by atoms with Crippen molar-refractivity contribution in [3.63, 3.8) is 0 Å². The van der Waals surface area contributed by atoms with Gasteiger partial charge in [0.1, 0.15) is 4.32 Å². The Kier molecular flexibility index (Phi) is 6.45. The summed E-state index contributed by atoms with van der Waals surface area (Å²) in [6.07, 6.45) is 2.21. The van der Waals surface area contributed by atoms with Crippen LogP contribution in [0.25, 0.3) is 6.08 Å². The molecule has 27 heavy (non-hydrogen) atoms. The van der Waals surface area contributed by atoms with Crippen molar-refractivity contribution in [1.29, 1.82) is 0 Å². The molecule has 0 bridgehead atoms. The van der Waals surface area contributed by atoms with E-state index in [4.69, 9.17) is 17.3 Å². The average Bonchev–Trinajstić information content (AvgIpc) is 3.20. The zero-order chi connectivity index (χ0) is 19.2. The third-order valence-electron chi connectivity index (χ3n) is 3.65. The number of benzene rings is 1. The number of thioether (sulfide) groups is 1. The van der Waals surface area contributed by atoms with Gasteiger partial charge in [-0.1, -0.05) is 54.0 Å². The Balaban J connectivity index is 1.68. The number of carboxylic acids is 1. The molecule has 1 aromatic heterocycles. The standard InChI is InChI=1S/C20H15NO3S3/c22-18(23)7-4-12-21-19(24)17(27-20(21)25)13-16-11-10-15(26-16)9-8-14-5-2-1-3-6-14/h1-3,5-6,10-11,13H,4,7,12H2,(H,22,23)/b17-13+. The van der Waals surface area contributed by atoms with Gasteiger partial charge in [0, 0.05) is 23.4 Å². The van der Waals surface area contributed by atoms with Gasteiger partial charge in [0.25, 0.3) is 5.91 Å². The van der Waals surface area contributed by atoms with Crippen LogP contribution >= 0.6 is 35.3 Å². The normalized spacial score (nSPS) is 15.1. The molecule has 136 valence electrons. The summed E-state index contributed by atoms with van der Waals surface area (Å²) in [5.41, 5.74) is 0.953. The number of amides is 1. The van der Waals surface area contributed by atoms with E-state index in [2.05, 4.69) is 11.8 Å². The minimum atomic E-state index is -0.876. The summed E-state index contributed by atoms with van der Waals surface area (Å²) in [5.74, 6) is 5.20. The summed E-state index contributed by atoms with van der Waals surface area (Å²) in [7, 11) is 0.